The largest absolute Gasteiger partial charge is 0.369 e. The van der Waals surface area contributed by atoms with Gasteiger partial charge >= 0.3 is 0 Å². The third-order valence-electron chi connectivity index (χ3n) is 5.51. The molecule has 2 aromatic heterocycles. The number of morpholine rings is 1. The molecule has 1 atom stereocenters. The number of nitrogens with two attached hydrogens (primary N) is 1. The maximum Gasteiger partial charge on any atom is 0.248 e. The van der Waals surface area contributed by atoms with Crippen molar-refractivity contribution in [2.75, 3.05) is 19.7 Å². The highest BCUT2D eigenvalue weighted by Gasteiger charge is 2.24. The summed E-state index contributed by atoms with van der Waals surface area (Å²) >= 11 is 0. The Balaban J connectivity index is 1.45. The lowest BCUT2D eigenvalue weighted by Crippen LogP contribution is -2.38. The standard InChI is InChI=1S/C23H27N5O2/c1-3-28-14-20(16(2)26-28)13-27-9-10-30-22(15-27)21-8-7-19(12-25-21)17-5-4-6-18(11-17)23(24)29/h4-8,11-12,14,22H,3,9-10,13,15H2,1-2H3,(H2,24,29)/t22-/m1/s1. The molecule has 0 aliphatic carbocycles. The van der Waals surface area contributed by atoms with Gasteiger partial charge in [0, 0.05) is 55.3 Å². The van der Waals surface area contributed by atoms with Crippen LogP contribution in [0, 0.1) is 6.92 Å². The molecule has 0 bridgehead atoms. The van der Waals surface area contributed by atoms with E-state index < -0.39 is 5.91 Å². The van der Waals surface area contributed by atoms with Crippen molar-refractivity contribution in [3.63, 3.8) is 0 Å². The predicted octanol–water partition coefficient (Wildman–Crippen LogP) is 2.95. The lowest BCUT2D eigenvalue weighted by molar-refractivity contribution is -0.0350. The van der Waals surface area contributed by atoms with Gasteiger partial charge in [-0.3, -0.25) is 19.4 Å². The molecule has 0 radical (unpaired) electrons. The Kier molecular flexibility index (Phi) is 5.92. The van der Waals surface area contributed by atoms with Crippen molar-refractivity contribution < 1.29 is 9.53 Å². The first kappa shape index (κ1) is 20.3. The summed E-state index contributed by atoms with van der Waals surface area (Å²) in [6.07, 6.45) is 3.89. The molecule has 2 N–H and O–H groups in total. The third kappa shape index (κ3) is 4.42. The number of rotatable bonds is 6. The molecule has 0 spiro atoms. The average Bonchev–Trinajstić information content (AvgIpc) is 3.13. The number of hydrogen-bond donors (Lipinski definition) is 1. The fourth-order valence-electron chi connectivity index (χ4n) is 3.76. The highest BCUT2D eigenvalue weighted by molar-refractivity contribution is 5.94. The molecule has 1 fully saturated rings. The molecule has 3 heterocycles. The number of aromatic nitrogens is 3. The molecule has 1 aliphatic rings. The van der Waals surface area contributed by atoms with Crippen LogP contribution in [0.4, 0.5) is 0 Å². The molecule has 0 saturated carbocycles. The normalized spacial score (nSPS) is 17.2. The Morgan fingerprint density at radius 2 is 2.13 bits per heavy atom. The van der Waals surface area contributed by atoms with E-state index in [0.29, 0.717) is 12.2 Å². The van der Waals surface area contributed by atoms with Crippen molar-refractivity contribution in [2.24, 2.45) is 5.73 Å². The van der Waals surface area contributed by atoms with E-state index in [0.717, 1.165) is 48.7 Å². The van der Waals surface area contributed by atoms with E-state index in [4.69, 9.17) is 10.5 Å². The monoisotopic (exact) mass is 405 g/mol. The minimum atomic E-state index is -0.433. The molecular formula is C23H27N5O2. The van der Waals surface area contributed by atoms with Crippen molar-refractivity contribution in [3.05, 3.63) is 71.3 Å². The van der Waals surface area contributed by atoms with Gasteiger partial charge in [0.1, 0.15) is 6.10 Å². The molecular weight excluding hydrogens is 378 g/mol. The van der Waals surface area contributed by atoms with Crippen LogP contribution in [0.5, 0.6) is 0 Å². The topological polar surface area (TPSA) is 86.3 Å². The van der Waals surface area contributed by atoms with Gasteiger partial charge in [-0.15, -0.1) is 0 Å². The second-order valence-corrected chi connectivity index (χ2v) is 7.61. The summed E-state index contributed by atoms with van der Waals surface area (Å²) in [7, 11) is 0. The molecule has 7 nitrogen and oxygen atoms in total. The lowest BCUT2D eigenvalue weighted by atomic mass is 10.0. The zero-order chi connectivity index (χ0) is 21.1. The summed E-state index contributed by atoms with van der Waals surface area (Å²) in [5.74, 6) is -0.433. The van der Waals surface area contributed by atoms with Crippen molar-refractivity contribution in [2.45, 2.75) is 33.0 Å². The average molecular weight is 406 g/mol. The summed E-state index contributed by atoms with van der Waals surface area (Å²) < 4.78 is 7.98. The van der Waals surface area contributed by atoms with Gasteiger partial charge in [-0.2, -0.15) is 5.10 Å². The van der Waals surface area contributed by atoms with Crippen LogP contribution in [0.2, 0.25) is 0 Å². The van der Waals surface area contributed by atoms with Crippen molar-refractivity contribution in [1.82, 2.24) is 19.7 Å². The van der Waals surface area contributed by atoms with Crippen LogP contribution in [-0.4, -0.2) is 45.3 Å². The van der Waals surface area contributed by atoms with Gasteiger partial charge < -0.3 is 10.5 Å². The maximum atomic E-state index is 11.4. The smallest absolute Gasteiger partial charge is 0.248 e. The van der Waals surface area contributed by atoms with Crippen LogP contribution in [0.15, 0.2) is 48.8 Å². The number of ether oxygens (including phenoxy) is 1. The number of primary amides is 1. The van der Waals surface area contributed by atoms with Crippen LogP contribution in [-0.2, 0) is 17.8 Å². The lowest BCUT2D eigenvalue weighted by Gasteiger charge is -2.32. The minimum Gasteiger partial charge on any atom is -0.369 e. The van der Waals surface area contributed by atoms with Gasteiger partial charge in [0.05, 0.1) is 18.0 Å². The van der Waals surface area contributed by atoms with Gasteiger partial charge in [0.15, 0.2) is 0 Å². The first-order valence-corrected chi connectivity index (χ1v) is 10.3. The second kappa shape index (κ2) is 8.77. The number of amides is 1. The van der Waals surface area contributed by atoms with Crippen LogP contribution in [0.25, 0.3) is 11.1 Å². The van der Waals surface area contributed by atoms with Gasteiger partial charge in [-0.1, -0.05) is 18.2 Å². The summed E-state index contributed by atoms with van der Waals surface area (Å²) in [5.41, 5.74) is 11.0. The summed E-state index contributed by atoms with van der Waals surface area (Å²) in [6.45, 7) is 8.27. The number of hydrogen-bond acceptors (Lipinski definition) is 5. The van der Waals surface area contributed by atoms with Crippen molar-refractivity contribution >= 4 is 5.91 Å². The fourth-order valence-corrected chi connectivity index (χ4v) is 3.76. The molecule has 0 unspecified atom stereocenters. The van der Waals surface area contributed by atoms with Gasteiger partial charge in [-0.05, 0) is 37.6 Å². The molecule has 1 amide bonds. The molecule has 156 valence electrons. The number of pyridine rings is 1. The SMILES string of the molecule is CCn1cc(CN2CCO[C@@H](c3ccc(-c4cccc(C(N)=O)c4)cn3)C2)c(C)n1. The zero-order valence-corrected chi connectivity index (χ0v) is 17.4. The molecule has 4 rings (SSSR count). The zero-order valence-electron chi connectivity index (χ0n) is 17.4. The number of benzene rings is 1. The Hall–Kier alpha value is -3.03. The fraction of sp³-hybridized carbons (Fsp3) is 0.348. The van der Waals surface area contributed by atoms with E-state index >= 15 is 0 Å². The van der Waals surface area contributed by atoms with Crippen LogP contribution in [0.3, 0.4) is 0 Å². The highest BCUT2D eigenvalue weighted by atomic mass is 16.5. The van der Waals surface area contributed by atoms with E-state index in [9.17, 15) is 4.79 Å². The predicted molar refractivity (Wildman–Crippen MR) is 115 cm³/mol. The summed E-state index contributed by atoms with van der Waals surface area (Å²) in [5, 5.41) is 4.54. The maximum absolute atomic E-state index is 11.4. The van der Waals surface area contributed by atoms with Crippen molar-refractivity contribution in [1.29, 1.82) is 0 Å². The summed E-state index contributed by atoms with van der Waals surface area (Å²) in [4.78, 5) is 18.5. The number of aryl methyl sites for hydroxylation is 2. The van der Waals surface area contributed by atoms with E-state index in [1.54, 1.807) is 12.1 Å². The Morgan fingerprint density at radius 1 is 1.27 bits per heavy atom. The number of nitrogens with zero attached hydrogens (tertiary/aromatic N) is 4. The Morgan fingerprint density at radius 3 is 2.83 bits per heavy atom. The number of carbonyl (C=O) groups is 1. The van der Waals surface area contributed by atoms with Gasteiger partial charge in [-0.25, -0.2) is 0 Å². The molecule has 1 aromatic carbocycles. The van der Waals surface area contributed by atoms with E-state index in [-0.39, 0.29) is 6.10 Å². The van der Waals surface area contributed by atoms with E-state index in [2.05, 4.69) is 35.0 Å². The first-order valence-electron chi connectivity index (χ1n) is 10.3. The molecule has 1 saturated heterocycles. The van der Waals surface area contributed by atoms with Crippen LogP contribution in [0.1, 0.15) is 40.3 Å². The molecule has 3 aromatic rings. The Labute approximate surface area is 176 Å². The third-order valence-corrected chi connectivity index (χ3v) is 5.51. The van der Waals surface area contributed by atoms with Crippen LogP contribution >= 0.6 is 0 Å². The Bertz CT molecular complexity index is 1030. The minimum absolute atomic E-state index is 0.0636. The summed E-state index contributed by atoms with van der Waals surface area (Å²) in [6, 6.07) is 11.3. The second-order valence-electron chi connectivity index (χ2n) is 7.61. The molecule has 30 heavy (non-hydrogen) atoms. The van der Waals surface area contributed by atoms with Gasteiger partial charge in [0.25, 0.3) is 0 Å². The van der Waals surface area contributed by atoms with Crippen LogP contribution < -0.4 is 5.73 Å². The molecule has 7 heteroatoms. The van der Waals surface area contributed by atoms with E-state index in [1.807, 2.05) is 35.1 Å². The number of carbonyl (C=O) groups excluding carboxylic acids is 1. The first-order chi connectivity index (χ1) is 14.5. The quantitative estimate of drug-likeness (QED) is 0.681. The van der Waals surface area contributed by atoms with Crippen molar-refractivity contribution in [3.8, 4) is 11.1 Å². The van der Waals surface area contributed by atoms with Gasteiger partial charge in [0.2, 0.25) is 5.91 Å². The molecule has 1 aliphatic heterocycles. The van der Waals surface area contributed by atoms with E-state index in [1.165, 1.54) is 5.56 Å². The highest BCUT2D eigenvalue weighted by Crippen LogP contribution is 2.25.